The van der Waals surface area contributed by atoms with Crippen molar-refractivity contribution in [1.29, 1.82) is 0 Å². The van der Waals surface area contributed by atoms with Gasteiger partial charge in [-0.3, -0.25) is 5.10 Å². The summed E-state index contributed by atoms with van der Waals surface area (Å²) >= 11 is 0. The summed E-state index contributed by atoms with van der Waals surface area (Å²) in [4.78, 5) is 9.13. The minimum absolute atomic E-state index is 0.291. The molecule has 0 saturated carbocycles. The third-order valence-corrected chi connectivity index (χ3v) is 5.68. The Labute approximate surface area is 181 Å². The number of rotatable bonds is 6. The number of hydrogen-bond donors (Lipinski definition) is 4. The van der Waals surface area contributed by atoms with Crippen LogP contribution in [0.2, 0.25) is 0 Å². The van der Waals surface area contributed by atoms with Gasteiger partial charge >= 0.3 is 0 Å². The molecule has 1 saturated heterocycles. The van der Waals surface area contributed by atoms with Crippen molar-refractivity contribution in [2.45, 2.75) is 38.7 Å². The molecule has 160 valence electrons. The van der Waals surface area contributed by atoms with E-state index >= 15 is 0 Å². The van der Waals surface area contributed by atoms with Crippen molar-refractivity contribution in [2.24, 2.45) is 0 Å². The summed E-state index contributed by atoms with van der Waals surface area (Å²) in [6, 6.07) is 7.97. The van der Waals surface area contributed by atoms with E-state index in [9.17, 15) is 0 Å². The number of benzene rings is 1. The number of H-pyrrole nitrogens is 1. The van der Waals surface area contributed by atoms with Gasteiger partial charge in [0.1, 0.15) is 17.7 Å². The normalized spacial score (nSPS) is 16.4. The molecule has 3 heterocycles. The van der Waals surface area contributed by atoms with E-state index < -0.39 is 0 Å². The van der Waals surface area contributed by atoms with Gasteiger partial charge in [-0.25, -0.2) is 4.98 Å². The van der Waals surface area contributed by atoms with E-state index in [0.29, 0.717) is 12.1 Å². The van der Waals surface area contributed by atoms with E-state index in [1.807, 2.05) is 43.6 Å². The summed E-state index contributed by atoms with van der Waals surface area (Å²) in [6.07, 6.45) is 10.2. The fourth-order valence-electron chi connectivity index (χ4n) is 3.93. The lowest BCUT2D eigenvalue weighted by atomic mass is 10.0. The monoisotopic (exact) mass is 417 g/mol. The third-order valence-electron chi connectivity index (χ3n) is 5.68. The van der Waals surface area contributed by atoms with Crippen molar-refractivity contribution in [3.63, 3.8) is 0 Å². The molecule has 8 nitrogen and oxygen atoms in total. The number of piperidine rings is 1. The van der Waals surface area contributed by atoms with E-state index in [1.54, 1.807) is 0 Å². The molecule has 4 N–H and O–H groups in total. The van der Waals surface area contributed by atoms with Gasteiger partial charge in [-0.05, 0) is 70.0 Å². The molecule has 0 atom stereocenters. The second kappa shape index (κ2) is 8.77. The predicted molar refractivity (Wildman–Crippen MR) is 122 cm³/mol. The molecular weight excluding hydrogens is 390 g/mol. The number of allylic oxidation sites excluding steroid dienone is 1. The van der Waals surface area contributed by atoms with Crippen LogP contribution in [0.25, 0.3) is 5.70 Å². The number of nitrogens with zero attached hydrogens (tertiary/aromatic N) is 3. The van der Waals surface area contributed by atoms with Crippen molar-refractivity contribution in [3.05, 3.63) is 59.6 Å². The number of anilines is 3. The second-order valence-electron chi connectivity index (χ2n) is 7.99. The Bertz CT molecular complexity index is 1070. The molecule has 2 aromatic heterocycles. The van der Waals surface area contributed by atoms with Crippen LogP contribution in [0.4, 0.5) is 17.5 Å². The van der Waals surface area contributed by atoms with Crippen molar-refractivity contribution >= 4 is 23.2 Å². The van der Waals surface area contributed by atoms with Crippen LogP contribution in [0.3, 0.4) is 0 Å². The molecule has 1 aliphatic carbocycles. The predicted octanol–water partition coefficient (Wildman–Crippen LogP) is 3.78. The largest absolute Gasteiger partial charge is 0.490 e. The van der Waals surface area contributed by atoms with Gasteiger partial charge in [0.15, 0.2) is 0 Å². The average molecular weight is 418 g/mol. The Morgan fingerprint density at radius 2 is 1.90 bits per heavy atom. The van der Waals surface area contributed by atoms with Gasteiger partial charge in [-0.1, -0.05) is 6.08 Å². The van der Waals surface area contributed by atoms with Gasteiger partial charge in [0.05, 0.1) is 6.20 Å². The zero-order chi connectivity index (χ0) is 21.0. The maximum Gasteiger partial charge on any atom is 0.229 e. The number of aromatic amines is 1. The van der Waals surface area contributed by atoms with E-state index in [0.717, 1.165) is 78.5 Å². The zero-order valence-corrected chi connectivity index (χ0v) is 17.6. The van der Waals surface area contributed by atoms with Crippen LogP contribution >= 0.6 is 0 Å². The molecule has 1 aliphatic heterocycles. The summed E-state index contributed by atoms with van der Waals surface area (Å²) < 4.78 is 6.08. The zero-order valence-electron chi connectivity index (χ0n) is 17.6. The highest BCUT2D eigenvalue weighted by Crippen LogP contribution is 2.27. The standard InChI is InChI=1S/C23H27N7O/c1-15-13-25-23(29-22(15)28-20-3-2-4-21-19(20)14-26-30-21)27-16-5-7-17(8-6-16)31-18-9-11-24-12-10-18/h3,5-8,13-14,18,24H,2,4,9-12H2,1H3,(H,26,30)(H2,25,27,28,29). The lowest BCUT2D eigenvalue weighted by Gasteiger charge is -2.23. The highest BCUT2D eigenvalue weighted by Gasteiger charge is 2.17. The molecule has 0 unspecified atom stereocenters. The fraction of sp³-hybridized carbons (Fsp3) is 0.348. The van der Waals surface area contributed by atoms with Crippen LogP contribution in [0.1, 0.15) is 36.1 Å². The molecule has 3 aromatic rings. The quantitative estimate of drug-likeness (QED) is 0.484. The van der Waals surface area contributed by atoms with Crippen LogP contribution in [-0.4, -0.2) is 39.4 Å². The molecule has 8 heteroatoms. The third kappa shape index (κ3) is 4.54. The number of aryl methyl sites for hydroxylation is 2. The lowest BCUT2D eigenvalue weighted by Crippen LogP contribution is -2.34. The molecule has 2 aliphatic rings. The van der Waals surface area contributed by atoms with Crippen molar-refractivity contribution in [3.8, 4) is 5.75 Å². The maximum atomic E-state index is 6.08. The SMILES string of the molecule is Cc1cnc(Nc2ccc(OC3CCNCC3)cc2)nc1NC1=CCCc2[nH]ncc21. The molecule has 31 heavy (non-hydrogen) atoms. The van der Waals surface area contributed by atoms with E-state index in [1.165, 1.54) is 0 Å². The minimum Gasteiger partial charge on any atom is -0.490 e. The first kappa shape index (κ1) is 19.6. The van der Waals surface area contributed by atoms with E-state index in [2.05, 4.69) is 37.2 Å². The van der Waals surface area contributed by atoms with Gasteiger partial charge in [-0.15, -0.1) is 0 Å². The maximum absolute atomic E-state index is 6.08. The molecule has 1 fully saturated rings. The Balaban J connectivity index is 1.26. The summed E-state index contributed by atoms with van der Waals surface area (Å²) in [6.45, 7) is 4.03. The molecule has 5 rings (SSSR count). The van der Waals surface area contributed by atoms with Gasteiger partial charge in [-0.2, -0.15) is 10.1 Å². The highest BCUT2D eigenvalue weighted by molar-refractivity contribution is 5.78. The molecule has 1 aromatic carbocycles. The Morgan fingerprint density at radius 1 is 1.06 bits per heavy atom. The molecule has 0 spiro atoms. The fourth-order valence-corrected chi connectivity index (χ4v) is 3.93. The number of ether oxygens (including phenoxy) is 1. The van der Waals surface area contributed by atoms with Crippen LogP contribution in [0, 0.1) is 6.92 Å². The number of hydrogen-bond acceptors (Lipinski definition) is 7. The number of fused-ring (bicyclic) bond motifs is 1. The topological polar surface area (TPSA) is 99.8 Å². The Morgan fingerprint density at radius 3 is 2.74 bits per heavy atom. The average Bonchev–Trinajstić information content (AvgIpc) is 3.28. The first-order valence-corrected chi connectivity index (χ1v) is 10.8. The highest BCUT2D eigenvalue weighted by atomic mass is 16.5. The van der Waals surface area contributed by atoms with Crippen LogP contribution in [0.5, 0.6) is 5.75 Å². The smallest absolute Gasteiger partial charge is 0.229 e. The van der Waals surface area contributed by atoms with Crippen molar-refractivity contribution in [1.82, 2.24) is 25.5 Å². The van der Waals surface area contributed by atoms with Gasteiger partial charge in [0.2, 0.25) is 5.95 Å². The Hall–Kier alpha value is -3.39. The van der Waals surface area contributed by atoms with Crippen LogP contribution in [-0.2, 0) is 6.42 Å². The first-order valence-electron chi connectivity index (χ1n) is 10.8. The van der Waals surface area contributed by atoms with Crippen LogP contribution < -0.4 is 20.7 Å². The lowest BCUT2D eigenvalue weighted by molar-refractivity contribution is 0.162. The van der Waals surface area contributed by atoms with Crippen molar-refractivity contribution in [2.75, 3.05) is 23.7 Å². The summed E-state index contributed by atoms with van der Waals surface area (Å²) in [5.41, 5.74) is 5.18. The molecular formula is C23H27N7O. The van der Waals surface area contributed by atoms with Gasteiger partial charge < -0.3 is 20.7 Å². The second-order valence-corrected chi connectivity index (χ2v) is 7.99. The molecule has 0 radical (unpaired) electrons. The summed E-state index contributed by atoms with van der Waals surface area (Å²) in [5.74, 6) is 2.22. The Kier molecular flexibility index (Phi) is 5.54. The summed E-state index contributed by atoms with van der Waals surface area (Å²) in [5, 5.41) is 17.3. The number of nitrogens with one attached hydrogen (secondary N) is 4. The number of aromatic nitrogens is 4. The first-order chi connectivity index (χ1) is 15.2. The molecule has 0 amide bonds. The molecule has 0 bridgehead atoms. The van der Waals surface area contributed by atoms with Crippen molar-refractivity contribution < 1.29 is 4.74 Å². The van der Waals surface area contributed by atoms with Gasteiger partial charge in [0.25, 0.3) is 0 Å². The van der Waals surface area contributed by atoms with E-state index in [4.69, 9.17) is 9.72 Å². The van der Waals surface area contributed by atoms with E-state index in [-0.39, 0.29) is 0 Å². The van der Waals surface area contributed by atoms with Gasteiger partial charge in [0, 0.05) is 34.4 Å². The summed E-state index contributed by atoms with van der Waals surface area (Å²) in [7, 11) is 0. The minimum atomic E-state index is 0.291. The van der Waals surface area contributed by atoms with Crippen LogP contribution in [0.15, 0.2) is 42.7 Å².